The van der Waals surface area contributed by atoms with Crippen molar-refractivity contribution in [1.82, 2.24) is 0 Å². The molecule has 0 aliphatic heterocycles. The minimum atomic E-state index is -4.18. The predicted octanol–water partition coefficient (Wildman–Crippen LogP) is 3.31. The summed E-state index contributed by atoms with van der Waals surface area (Å²) in [4.78, 5) is -0.248. The molecule has 4 nitrogen and oxygen atoms in total. The van der Waals surface area contributed by atoms with E-state index in [1.54, 1.807) is 0 Å². The van der Waals surface area contributed by atoms with Gasteiger partial charge in [0.15, 0.2) is 5.82 Å². The number of nitrogens with one attached hydrogen (secondary N) is 1. The van der Waals surface area contributed by atoms with E-state index in [1.165, 1.54) is 25.1 Å². The molecule has 0 radical (unpaired) electrons. The predicted molar refractivity (Wildman–Crippen MR) is 77.8 cm³/mol. The molecule has 0 bridgehead atoms. The van der Waals surface area contributed by atoms with Crippen LogP contribution in [-0.2, 0) is 10.0 Å². The first-order chi connectivity index (χ1) is 9.72. The quantitative estimate of drug-likeness (QED) is 0.847. The molecule has 2 rings (SSSR count). The van der Waals surface area contributed by atoms with Crippen LogP contribution >= 0.6 is 11.6 Å². The van der Waals surface area contributed by atoms with Gasteiger partial charge in [0.1, 0.15) is 11.5 Å². The second kappa shape index (κ2) is 5.50. The van der Waals surface area contributed by atoms with Crippen molar-refractivity contribution in [1.29, 1.82) is 0 Å². The molecular formula is C13H11ClF2N2O2S. The molecule has 8 heteroatoms. The fourth-order valence-electron chi connectivity index (χ4n) is 1.62. The van der Waals surface area contributed by atoms with E-state index < -0.39 is 27.3 Å². The van der Waals surface area contributed by atoms with Gasteiger partial charge in [0, 0.05) is 0 Å². The molecule has 0 aliphatic rings. The van der Waals surface area contributed by atoms with Crippen molar-refractivity contribution in [3.8, 4) is 0 Å². The summed E-state index contributed by atoms with van der Waals surface area (Å²) in [6.07, 6.45) is 0. The molecule has 3 N–H and O–H groups in total. The molecule has 0 spiro atoms. The number of aryl methyl sites for hydroxylation is 1. The lowest BCUT2D eigenvalue weighted by Gasteiger charge is -2.11. The Morgan fingerprint density at radius 2 is 1.86 bits per heavy atom. The Kier molecular flexibility index (Phi) is 4.06. The molecule has 0 fully saturated rings. The van der Waals surface area contributed by atoms with E-state index in [4.69, 9.17) is 17.3 Å². The van der Waals surface area contributed by atoms with Gasteiger partial charge in [0.2, 0.25) is 0 Å². The molecule has 0 saturated carbocycles. The average molecular weight is 333 g/mol. The van der Waals surface area contributed by atoms with Crippen molar-refractivity contribution in [2.45, 2.75) is 11.8 Å². The highest BCUT2D eigenvalue weighted by Crippen LogP contribution is 2.27. The Hall–Kier alpha value is -1.86. The number of nitrogens with two attached hydrogens (primary N) is 1. The summed E-state index contributed by atoms with van der Waals surface area (Å²) >= 11 is 5.75. The summed E-state index contributed by atoms with van der Waals surface area (Å²) in [5.74, 6) is -1.98. The van der Waals surface area contributed by atoms with Crippen molar-refractivity contribution >= 4 is 33.0 Å². The molecular weight excluding hydrogens is 322 g/mol. The molecule has 2 aromatic rings. The lowest BCUT2D eigenvalue weighted by molar-refractivity contribution is 0.579. The van der Waals surface area contributed by atoms with E-state index in [1.807, 2.05) is 4.72 Å². The van der Waals surface area contributed by atoms with E-state index in [0.717, 1.165) is 12.1 Å². The Labute approximate surface area is 125 Å². The number of rotatable bonds is 3. The summed E-state index contributed by atoms with van der Waals surface area (Å²) in [5, 5.41) is 0.0306. The monoisotopic (exact) mass is 332 g/mol. The zero-order valence-corrected chi connectivity index (χ0v) is 12.4. The molecule has 0 atom stereocenters. The van der Waals surface area contributed by atoms with Crippen LogP contribution in [0.2, 0.25) is 5.02 Å². The van der Waals surface area contributed by atoms with Crippen LogP contribution in [0.3, 0.4) is 0 Å². The molecule has 0 saturated heterocycles. The fourth-order valence-corrected chi connectivity index (χ4v) is 2.96. The van der Waals surface area contributed by atoms with Crippen LogP contribution in [0.1, 0.15) is 5.56 Å². The Bertz CT molecular complexity index is 810. The molecule has 0 heterocycles. The third kappa shape index (κ3) is 3.08. The van der Waals surface area contributed by atoms with Crippen LogP contribution in [0.25, 0.3) is 0 Å². The van der Waals surface area contributed by atoms with Gasteiger partial charge in [0.05, 0.1) is 15.6 Å². The van der Waals surface area contributed by atoms with E-state index in [9.17, 15) is 17.2 Å². The number of hydrogen-bond acceptors (Lipinski definition) is 3. The molecule has 0 aliphatic carbocycles. The van der Waals surface area contributed by atoms with Gasteiger partial charge in [-0.1, -0.05) is 17.7 Å². The smallest absolute Gasteiger partial charge is 0.262 e. The van der Waals surface area contributed by atoms with Crippen LogP contribution in [0.5, 0.6) is 0 Å². The zero-order valence-electron chi connectivity index (χ0n) is 10.8. The van der Waals surface area contributed by atoms with E-state index in [0.29, 0.717) is 0 Å². The van der Waals surface area contributed by atoms with Gasteiger partial charge in [-0.3, -0.25) is 4.72 Å². The highest BCUT2D eigenvalue weighted by molar-refractivity contribution is 7.92. The minimum Gasteiger partial charge on any atom is -0.398 e. The van der Waals surface area contributed by atoms with Gasteiger partial charge in [-0.25, -0.2) is 17.2 Å². The van der Waals surface area contributed by atoms with Crippen LogP contribution in [-0.4, -0.2) is 8.42 Å². The number of halogens is 3. The van der Waals surface area contributed by atoms with Gasteiger partial charge in [-0.15, -0.1) is 0 Å². The standard InChI is InChI=1S/C13H11ClF2N2O2S/c1-7-2-4-10(15)13(12(7)16)18-21(19,20)8-3-5-11(17)9(14)6-8/h2-6,18H,17H2,1H3. The van der Waals surface area contributed by atoms with Crippen LogP contribution in [0.15, 0.2) is 35.2 Å². The van der Waals surface area contributed by atoms with Gasteiger partial charge >= 0.3 is 0 Å². The van der Waals surface area contributed by atoms with Crippen LogP contribution in [0.4, 0.5) is 20.2 Å². The Balaban J connectivity index is 2.47. The minimum absolute atomic E-state index is 0.0306. The SMILES string of the molecule is Cc1ccc(F)c(NS(=O)(=O)c2ccc(N)c(Cl)c2)c1F. The second-order valence-electron chi connectivity index (χ2n) is 4.34. The third-order valence-corrected chi connectivity index (χ3v) is 4.48. The van der Waals surface area contributed by atoms with Crippen molar-refractivity contribution in [2.75, 3.05) is 10.5 Å². The molecule has 2 aromatic carbocycles. The van der Waals surface area contributed by atoms with E-state index in [-0.39, 0.29) is 21.2 Å². The number of hydrogen-bond donors (Lipinski definition) is 2. The van der Waals surface area contributed by atoms with Crippen molar-refractivity contribution < 1.29 is 17.2 Å². The molecule has 0 amide bonds. The summed E-state index contributed by atoms with van der Waals surface area (Å²) in [6, 6.07) is 5.77. The summed E-state index contributed by atoms with van der Waals surface area (Å²) in [7, 11) is -4.18. The van der Waals surface area contributed by atoms with E-state index >= 15 is 0 Å². The number of nitrogen functional groups attached to an aromatic ring is 1. The molecule has 0 aromatic heterocycles. The maximum atomic E-state index is 13.8. The highest BCUT2D eigenvalue weighted by atomic mass is 35.5. The summed E-state index contributed by atoms with van der Waals surface area (Å²) in [5.41, 5.74) is 5.07. The molecule has 112 valence electrons. The first-order valence-electron chi connectivity index (χ1n) is 5.75. The van der Waals surface area contributed by atoms with Crippen molar-refractivity contribution in [3.63, 3.8) is 0 Å². The molecule has 0 unspecified atom stereocenters. The second-order valence-corrected chi connectivity index (χ2v) is 6.43. The molecule has 21 heavy (non-hydrogen) atoms. The van der Waals surface area contributed by atoms with Gasteiger partial charge in [0.25, 0.3) is 10.0 Å². The largest absolute Gasteiger partial charge is 0.398 e. The van der Waals surface area contributed by atoms with Crippen LogP contribution < -0.4 is 10.5 Å². The normalized spacial score (nSPS) is 11.4. The van der Waals surface area contributed by atoms with Crippen molar-refractivity contribution in [3.05, 3.63) is 52.6 Å². The van der Waals surface area contributed by atoms with Gasteiger partial charge in [-0.2, -0.15) is 0 Å². The summed E-state index contributed by atoms with van der Waals surface area (Å²) < 4.78 is 53.6. The lowest BCUT2D eigenvalue weighted by Crippen LogP contribution is -2.15. The summed E-state index contributed by atoms with van der Waals surface area (Å²) in [6.45, 7) is 1.40. The Morgan fingerprint density at radius 1 is 1.19 bits per heavy atom. The number of sulfonamides is 1. The highest BCUT2D eigenvalue weighted by Gasteiger charge is 2.21. The zero-order chi connectivity index (χ0) is 15.8. The Morgan fingerprint density at radius 3 is 2.48 bits per heavy atom. The number of benzene rings is 2. The first-order valence-corrected chi connectivity index (χ1v) is 7.61. The van der Waals surface area contributed by atoms with Crippen LogP contribution in [0, 0.1) is 18.6 Å². The maximum absolute atomic E-state index is 13.8. The number of anilines is 2. The van der Waals surface area contributed by atoms with Gasteiger partial charge < -0.3 is 5.73 Å². The third-order valence-electron chi connectivity index (χ3n) is 2.80. The van der Waals surface area contributed by atoms with Crippen molar-refractivity contribution in [2.24, 2.45) is 0 Å². The van der Waals surface area contributed by atoms with Gasteiger partial charge in [-0.05, 0) is 36.8 Å². The maximum Gasteiger partial charge on any atom is 0.262 e. The first kappa shape index (κ1) is 15.5. The topological polar surface area (TPSA) is 72.2 Å². The fraction of sp³-hybridized carbons (Fsp3) is 0.0769. The average Bonchev–Trinajstić information content (AvgIpc) is 2.42. The lowest BCUT2D eigenvalue weighted by atomic mass is 10.2. The van der Waals surface area contributed by atoms with E-state index in [2.05, 4.69) is 0 Å².